The molecular weight excluding hydrogens is 260 g/mol. The zero-order valence-corrected chi connectivity index (χ0v) is 11.8. The third-order valence-electron chi connectivity index (χ3n) is 3.84. The van der Waals surface area contributed by atoms with Crippen LogP contribution in [0.4, 0.5) is 0 Å². The van der Waals surface area contributed by atoms with Gasteiger partial charge < -0.3 is 0 Å². The summed E-state index contributed by atoms with van der Waals surface area (Å²) < 4.78 is 0. The Labute approximate surface area is 108 Å². The zero-order chi connectivity index (χ0) is 11.5. The molecule has 0 amide bonds. The van der Waals surface area contributed by atoms with E-state index in [1.807, 2.05) is 0 Å². The SMILES string of the molecule is CCCC(Br)C1CCC(C)c2ccccc21. The summed E-state index contributed by atoms with van der Waals surface area (Å²) in [5, 5.41) is 0. The van der Waals surface area contributed by atoms with E-state index in [0.29, 0.717) is 4.83 Å². The summed E-state index contributed by atoms with van der Waals surface area (Å²) in [6.07, 6.45) is 5.24. The van der Waals surface area contributed by atoms with Crippen LogP contribution in [0, 0.1) is 0 Å². The Kier molecular flexibility index (Phi) is 4.07. The Morgan fingerprint density at radius 2 is 1.94 bits per heavy atom. The molecule has 0 saturated carbocycles. The molecule has 0 nitrogen and oxygen atoms in total. The van der Waals surface area contributed by atoms with Crippen LogP contribution in [-0.4, -0.2) is 4.83 Å². The first-order valence-electron chi connectivity index (χ1n) is 6.47. The third-order valence-corrected chi connectivity index (χ3v) is 4.93. The molecule has 1 aromatic carbocycles. The van der Waals surface area contributed by atoms with E-state index < -0.39 is 0 Å². The van der Waals surface area contributed by atoms with Gasteiger partial charge >= 0.3 is 0 Å². The molecule has 0 saturated heterocycles. The number of fused-ring (bicyclic) bond motifs is 1. The van der Waals surface area contributed by atoms with Crippen molar-refractivity contribution in [2.24, 2.45) is 0 Å². The average molecular weight is 281 g/mol. The molecule has 0 aliphatic heterocycles. The van der Waals surface area contributed by atoms with Crippen LogP contribution < -0.4 is 0 Å². The van der Waals surface area contributed by atoms with Crippen molar-refractivity contribution in [3.05, 3.63) is 35.4 Å². The molecular formula is C15H21Br. The molecule has 1 aliphatic carbocycles. The molecule has 2 rings (SSSR count). The minimum absolute atomic E-state index is 0.658. The topological polar surface area (TPSA) is 0 Å². The highest BCUT2D eigenvalue weighted by atomic mass is 79.9. The third kappa shape index (κ3) is 2.34. The van der Waals surface area contributed by atoms with Crippen molar-refractivity contribution in [2.45, 2.75) is 56.2 Å². The summed E-state index contributed by atoms with van der Waals surface area (Å²) in [4.78, 5) is 0.658. The van der Waals surface area contributed by atoms with Gasteiger partial charge in [-0.3, -0.25) is 0 Å². The molecule has 3 unspecified atom stereocenters. The molecule has 0 N–H and O–H groups in total. The molecule has 0 fully saturated rings. The van der Waals surface area contributed by atoms with Crippen molar-refractivity contribution in [1.82, 2.24) is 0 Å². The Morgan fingerprint density at radius 1 is 1.25 bits per heavy atom. The van der Waals surface area contributed by atoms with Gasteiger partial charge in [-0.15, -0.1) is 0 Å². The Hall–Kier alpha value is -0.300. The molecule has 0 aromatic heterocycles. The minimum atomic E-state index is 0.658. The first-order valence-corrected chi connectivity index (χ1v) is 7.38. The second-order valence-corrected chi connectivity index (χ2v) is 6.19. The smallest absolute Gasteiger partial charge is 0.0214 e. The highest BCUT2D eigenvalue weighted by molar-refractivity contribution is 9.09. The molecule has 1 aliphatic rings. The lowest BCUT2D eigenvalue weighted by atomic mass is 9.75. The Bertz CT molecular complexity index is 345. The van der Waals surface area contributed by atoms with Gasteiger partial charge in [-0.05, 0) is 42.2 Å². The van der Waals surface area contributed by atoms with Crippen molar-refractivity contribution < 1.29 is 0 Å². The summed E-state index contributed by atoms with van der Waals surface area (Å²) in [5.74, 6) is 1.47. The van der Waals surface area contributed by atoms with Gasteiger partial charge in [-0.2, -0.15) is 0 Å². The lowest BCUT2D eigenvalue weighted by Crippen LogP contribution is -2.20. The Balaban J connectivity index is 2.27. The van der Waals surface area contributed by atoms with Gasteiger partial charge in [0.1, 0.15) is 0 Å². The van der Waals surface area contributed by atoms with E-state index in [1.54, 1.807) is 11.1 Å². The van der Waals surface area contributed by atoms with Crippen LogP contribution in [0.25, 0.3) is 0 Å². The molecule has 3 atom stereocenters. The maximum atomic E-state index is 3.89. The largest absolute Gasteiger partial charge is 0.0884 e. The van der Waals surface area contributed by atoms with E-state index in [2.05, 4.69) is 54.0 Å². The van der Waals surface area contributed by atoms with Gasteiger partial charge in [-0.1, -0.05) is 60.5 Å². The van der Waals surface area contributed by atoms with Crippen LogP contribution in [0.1, 0.15) is 62.5 Å². The normalized spacial score (nSPS) is 26.2. The maximum Gasteiger partial charge on any atom is 0.0214 e. The van der Waals surface area contributed by atoms with Crippen molar-refractivity contribution >= 4 is 15.9 Å². The number of halogens is 1. The molecule has 88 valence electrons. The van der Waals surface area contributed by atoms with E-state index in [0.717, 1.165) is 11.8 Å². The van der Waals surface area contributed by atoms with Gasteiger partial charge in [0.15, 0.2) is 0 Å². The predicted molar refractivity (Wildman–Crippen MR) is 74.5 cm³/mol. The molecule has 0 spiro atoms. The average Bonchev–Trinajstić information content (AvgIpc) is 2.30. The number of rotatable bonds is 3. The summed E-state index contributed by atoms with van der Waals surface area (Å²) >= 11 is 3.89. The van der Waals surface area contributed by atoms with E-state index in [4.69, 9.17) is 0 Å². The second-order valence-electron chi connectivity index (χ2n) is 5.02. The van der Waals surface area contributed by atoms with Gasteiger partial charge in [0.05, 0.1) is 0 Å². The van der Waals surface area contributed by atoms with Crippen LogP contribution in [0.3, 0.4) is 0 Å². The molecule has 16 heavy (non-hydrogen) atoms. The van der Waals surface area contributed by atoms with E-state index in [1.165, 1.54) is 25.7 Å². The lowest BCUT2D eigenvalue weighted by Gasteiger charge is -2.32. The standard InChI is InChI=1S/C15H21Br/c1-3-6-15(16)14-10-9-11(2)12-7-4-5-8-13(12)14/h4-5,7-8,11,14-15H,3,6,9-10H2,1-2H3. The first-order chi connectivity index (χ1) is 7.74. The Morgan fingerprint density at radius 3 is 2.62 bits per heavy atom. The number of benzene rings is 1. The van der Waals surface area contributed by atoms with E-state index in [-0.39, 0.29) is 0 Å². The maximum absolute atomic E-state index is 3.89. The summed E-state index contributed by atoms with van der Waals surface area (Å²) in [6, 6.07) is 9.02. The zero-order valence-electron chi connectivity index (χ0n) is 10.2. The van der Waals surface area contributed by atoms with Crippen LogP contribution in [0.15, 0.2) is 24.3 Å². The van der Waals surface area contributed by atoms with Crippen molar-refractivity contribution in [3.63, 3.8) is 0 Å². The first kappa shape index (κ1) is 12.2. The number of hydrogen-bond donors (Lipinski definition) is 0. The summed E-state index contributed by atoms with van der Waals surface area (Å²) in [6.45, 7) is 4.63. The van der Waals surface area contributed by atoms with Crippen LogP contribution in [0.5, 0.6) is 0 Å². The van der Waals surface area contributed by atoms with Crippen LogP contribution >= 0.6 is 15.9 Å². The van der Waals surface area contributed by atoms with Crippen LogP contribution in [-0.2, 0) is 0 Å². The lowest BCUT2D eigenvalue weighted by molar-refractivity contribution is 0.479. The number of hydrogen-bond acceptors (Lipinski definition) is 0. The molecule has 1 heteroatoms. The fraction of sp³-hybridized carbons (Fsp3) is 0.600. The fourth-order valence-electron chi connectivity index (χ4n) is 2.89. The van der Waals surface area contributed by atoms with Crippen LogP contribution in [0.2, 0.25) is 0 Å². The molecule has 1 aromatic rings. The number of alkyl halides is 1. The summed E-state index contributed by atoms with van der Waals surface area (Å²) in [7, 11) is 0. The predicted octanol–water partition coefficient (Wildman–Crippen LogP) is 5.23. The summed E-state index contributed by atoms with van der Waals surface area (Å²) in [5.41, 5.74) is 3.18. The van der Waals surface area contributed by atoms with E-state index >= 15 is 0 Å². The fourth-order valence-corrected chi connectivity index (χ4v) is 3.90. The van der Waals surface area contributed by atoms with Crippen molar-refractivity contribution in [3.8, 4) is 0 Å². The minimum Gasteiger partial charge on any atom is -0.0884 e. The molecule has 0 heterocycles. The molecule has 0 bridgehead atoms. The van der Waals surface area contributed by atoms with Gasteiger partial charge in [0.25, 0.3) is 0 Å². The van der Waals surface area contributed by atoms with Gasteiger partial charge in [0, 0.05) is 4.83 Å². The second kappa shape index (κ2) is 5.35. The van der Waals surface area contributed by atoms with Crippen molar-refractivity contribution in [1.29, 1.82) is 0 Å². The van der Waals surface area contributed by atoms with Crippen molar-refractivity contribution in [2.75, 3.05) is 0 Å². The molecule has 0 radical (unpaired) electrons. The highest BCUT2D eigenvalue weighted by Crippen LogP contribution is 2.42. The van der Waals surface area contributed by atoms with Gasteiger partial charge in [-0.25, -0.2) is 0 Å². The monoisotopic (exact) mass is 280 g/mol. The van der Waals surface area contributed by atoms with E-state index in [9.17, 15) is 0 Å². The highest BCUT2D eigenvalue weighted by Gasteiger charge is 2.28. The quantitative estimate of drug-likeness (QED) is 0.665. The van der Waals surface area contributed by atoms with Gasteiger partial charge in [0.2, 0.25) is 0 Å².